The Morgan fingerprint density at radius 3 is 2.27 bits per heavy atom. The molecule has 0 aliphatic rings. The first kappa shape index (κ1) is 16.1. The van der Waals surface area contributed by atoms with Crippen molar-refractivity contribution in [2.75, 3.05) is 5.73 Å². The molecule has 4 N–H and O–H groups in total. The number of sulfonamides is 1. The second-order valence-corrected chi connectivity index (χ2v) is 5.97. The zero-order valence-electron chi connectivity index (χ0n) is 11.0. The first-order valence-electron chi connectivity index (χ1n) is 5.84. The number of anilines is 1. The van der Waals surface area contributed by atoms with Gasteiger partial charge in [0.2, 0.25) is 10.0 Å². The van der Waals surface area contributed by atoms with Crippen LogP contribution in [0.3, 0.4) is 0 Å². The van der Waals surface area contributed by atoms with Crippen LogP contribution in [0.2, 0.25) is 0 Å². The number of hydrogen-bond acceptors (Lipinski definition) is 4. The maximum absolute atomic E-state index is 12.6. The third-order valence-electron chi connectivity index (χ3n) is 2.63. The quantitative estimate of drug-likeness (QED) is 0.845. The van der Waals surface area contributed by atoms with E-state index in [0.29, 0.717) is 0 Å². The van der Waals surface area contributed by atoms with Crippen LogP contribution in [-0.2, 0) is 16.2 Å². The summed E-state index contributed by atoms with van der Waals surface area (Å²) in [5.41, 5.74) is 4.69. The Labute approximate surface area is 124 Å². The number of hydrogen-bond donors (Lipinski definition) is 2. The second-order valence-electron chi connectivity index (χ2n) is 4.41. The molecule has 2 aromatic rings. The van der Waals surface area contributed by atoms with Gasteiger partial charge in [-0.05, 0) is 24.3 Å². The summed E-state index contributed by atoms with van der Waals surface area (Å²) in [6, 6.07) is 7.62. The molecule has 0 amide bonds. The van der Waals surface area contributed by atoms with E-state index < -0.39 is 21.8 Å². The fraction of sp³-hybridized carbons (Fsp3) is 0.0769. The van der Waals surface area contributed by atoms with E-state index in [-0.39, 0.29) is 22.1 Å². The summed E-state index contributed by atoms with van der Waals surface area (Å²) in [5.74, 6) is -0.149. The topological polar surface area (TPSA) is 95.4 Å². The van der Waals surface area contributed by atoms with Crippen LogP contribution < -0.4 is 15.6 Å². The Morgan fingerprint density at radius 1 is 1.00 bits per heavy atom. The second kappa shape index (κ2) is 5.50. The van der Waals surface area contributed by atoms with Crippen LogP contribution in [-0.4, -0.2) is 8.42 Å². The summed E-state index contributed by atoms with van der Waals surface area (Å²) in [6.45, 7) is 0. The van der Waals surface area contributed by atoms with Gasteiger partial charge in [0, 0.05) is 17.8 Å². The van der Waals surface area contributed by atoms with Gasteiger partial charge in [-0.1, -0.05) is 6.07 Å². The van der Waals surface area contributed by atoms with Gasteiger partial charge in [-0.3, -0.25) is 0 Å². The Morgan fingerprint density at radius 2 is 1.68 bits per heavy atom. The molecule has 0 unspecified atom stereocenters. The summed E-state index contributed by atoms with van der Waals surface area (Å²) in [5, 5.41) is 4.98. The molecule has 0 atom stereocenters. The van der Waals surface area contributed by atoms with Crippen molar-refractivity contribution >= 4 is 15.7 Å². The molecule has 22 heavy (non-hydrogen) atoms. The Kier molecular flexibility index (Phi) is 4.03. The smallest absolute Gasteiger partial charge is 0.416 e. The molecule has 0 radical (unpaired) electrons. The normalized spacial score (nSPS) is 12.2. The summed E-state index contributed by atoms with van der Waals surface area (Å²) >= 11 is 0. The maximum Gasteiger partial charge on any atom is 0.416 e. The summed E-state index contributed by atoms with van der Waals surface area (Å²) in [7, 11) is -4.01. The van der Waals surface area contributed by atoms with Crippen LogP contribution in [0.4, 0.5) is 18.9 Å². The van der Waals surface area contributed by atoms with Crippen molar-refractivity contribution in [2.45, 2.75) is 11.1 Å². The van der Waals surface area contributed by atoms with Crippen LogP contribution in [0, 0.1) is 0 Å². The number of halogens is 3. The fourth-order valence-corrected chi connectivity index (χ4v) is 2.27. The van der Waals surface area contributed by atoms with Crippen LogP contribution in [0.25, 0.3) is 0 Å². The monoisotopic (exact) mass is 332 g/mol. The standard InChI is InChI=1S/C13H11F3N2O3S/c14-13(15,16)8-2-1-3-10(4-8)21-11-5-9(17)6-12(7-11)22(18,19)20/h1-7H,17H2,(H2,18,19,20). The van der Waals surface area contributed by atoms with Crippen molar-refractivity contribution in [3.63, 3.8) is 0 Å². The zero-order chi connectivity index (χ0) is 16.5. The molecular weight excluding hydrogens is 321 g/mol. The van der Waals surface area contributed by atoms with Crippen LogP contribution in [0.5, 0.6) is 11.5 Å². The number of ether oxygens (including phenoxy) is 1. The molecule has 0 saturated carbocycles. The lowest BCUT2D eigenvalue weighted by Crippen LogP contribution is -2.12. The Balaban J connectivity index is 2.38. The van der Waals surface area contributed by atoms with E-state index in [9.17, 15) is 21.6 Å². The van der Waals surface area contributed by atoms with Crippen LogP contribution >= 0.6 is 0 Å². The molecule has 0 saturated heterocycles. The number of nitrogen functional groups attached to an aromatic ring is 1. The average molecular weight is 332 g/mol. The number of nitrogens with two attached hydrogens (primary N) is 2. The molecule has 0 aromatic heterocycles. The van der Waals surface area contributed by atoms with E-state index in [1.54, 1.807) is 0 Å². The minimum absolute atomic E-state index is 0.0386. The van der Waals surface area contributed by atoms with Gasteiger partial charge >= 0.3 is 6.18 Å². The third-order valence-corrected chi connectivity index (χ3v) is 3.52. The van der Waals surface area contributed by atoms with E-state index >= 15 is 0 Å². The molecule has 0 bridgehead atoms. The van der Waals surface area contributed by atoms with Crippen LogP contribution in [0.15, 0.2) is 47.4 Å². The lowest BCUT2D eigenvalue weighted by atomic mass is 10.2. The lowest BCUT2D eigenvalue weighted by molar-refractivity contribution is -0.137. The number of primary sulfonamides is 1. The first-order valence-corrected chi connectivity index (χ1v) is 7.39. The molecule has 118 valence electrons. The molecule has 2 rings (SSSR count). The minimum atomic E-state index is -4.51. The highest BCUT2D eigenvalue weighted by Crippen LogP contribution is 2.33. The summed E-state index contributed by atoms with van der Waals surface area (Å²) in [4.78, 5) is -0.297. The average Bonchev–Trinajstić information content (AvgIpc) is 2.36. The molecule has 0 aliphatic carbocycles. The summed E-state index contributed by atoms with van der Waals surface area (Å²) in [6.07, 6.45) is -4.51. The SMILES string of the molecule is Nc1cc(Oc2cccc(C(F)(F)F)c2)cc(S(N)(=O)=O)c1. The Bertz CT molecular complexity index is 804. The minimum Gasteiger partial charge on any atom is -0.457 e. The largest absolute Gasteiger partial charge is 0.457 e. The molecule has 2 aromatic carbocycles. The fourth-order valence-electron chi connectivity index (χ4n) is 1.69. The van der Waals surface area contributed by atoms with Gasteiger partial charge in [-0.25, -0.2) is 13.6 Å². The van der Waals surface area contributed by atoms with Gasteiger partial charge in [-0.2, -0.15) is 13.2 Å². The van der Waals surface area contributed by atoms with Gasteiger partial charge in [0.25, 0.3) is 0 Å². The predicted molar refractivity (Wildman–Crippen MR) is 73.7 cm³/mol. The summed E-state index contributed by atoms with van der Waals surface area (Å²) < 4.78 is 65.7. The van der Waals surface area contributed by atoms with Gasteiger partial charge < -0.3 is 10.5 Å². The highest BCUT2D eigenvalue weighted by molar-refractivity contribution is 7.89. The van der Waals surface area contributed by atoms with Crippen molar-refractivity contribution in [1.82, 2.24) is 0 Å². The van der Waals surface area contributed by atoms with E-state index in [1.807, 2.05) is 0 Å². The Hall–Kier alpha value is -2.26. The van der Waals surface area contributed by atoms with Crippen LogP contribution in [0.1, 0.15) is 5.56 Å². The molecular formula is C13H11F3N2O3S. The maximum atomic E-state index is 12.6. The van der Waals surface area contributed by atoms with Crippen molar-refractivity contribution < 1.29 is 26.3 Å². The molecule has 0 spiro atoms. The first-order chi connectivity index (χ1) is 10.1. The van der Waals surface area contributed by atoms with Gasteiger partial charge in [-0.15, -0.1) is 0 Å². The highest BCUT2D eigenvalue weighted by atomic mass is 32.2. The molecule has 0 heterocycles. The van der Waals surface area contributed by atoms with E-state index in [4.69, 9.17) is 15.6 Å². The number of alkyl halides is 3. The van der Waals surface area contributed by atoms with Gasteiger partial charge in [0.1, 0.15) is 11.5 Å². The van der Waals surface area contributed by atoms with Gasteiger partial charge in [0.15, 0.2) is 0 Å². The highest BCUT2D eigenvalue weighted by Gasteiger charge is 2.30. The van der Waals surface area contributed by atoms with Crippen molar-refractivity contribution in [3.8, 4) is 11.5 Å². The lowest BCUT2D eigenvalue weighted by Gasteiger charge is -2.11. The molecule has 0 fully saturated rings. The van der Waals surface area contributed by atoms with Crippen molar-refractivity contribution in [2.24, 2.45) is 5.14 Å². The predicted octanol–water partition coefficient (Wildman–Crippen LogP) is 2.73. The van der Waals surface area contributed by atoms with Crippen molar-refractivity contribution in [1.29, 1.82) is 0 Å². The molecule has 9 heteroatoms. The molecule has 0 aliphatic heterocycles. The number of rotatable bonds is 3. The van der Waals surface area contributed by atoms with E-state index in [2.05, 4.69) is 0 Å². The molecule has 5 nitrogen and oxygen atoms in total. The number of benzene rings is 2. The third kappa shape index (κ3) is 3.89. The van der Waals surface area contributed by atoms with E-state index in [1.165, 1.54) is 18.2 Å². The van der Waals surface area contributed by atoms with E-state index in [0.717, 1.165) is 24.3 Å². The van der Waals surface area contributed by atoms with Gasteiger partial charge in [0.05, 0.1) is 10.5 Å². The van der Waals surface area contributed by atoms with Crippen molar-refractivity contribution in [3.05, 3.63) is 48.0 Å². The zero-order valence-corrected chi connectivity index (χ0v) is 11.8.